The minimum Gasteiger partial charge on any atom is -0.451 e. The molecule has 1 aromatic carbocycles. The van der Waals surface area contributed by atoms with E-state index in [0.29, 0.717) is 16.4 Å². The third kappa shape index (κ3) is 2.40. The minimum atomic E-state index is -0.0110. The van der Waals surface area contributed by atoms with Crippen LogP contribution in [0.15, 0.2) is 28.7 Å². The van der Waals surface area contributed by atoms with Crippen LogP contribution in [0.3, 0.4) is 0 Å². The molecule has 2 atom stereocenters. The van der Waals surface area contributed by atoms with E-state index in [1.807, 2.05) is 12.1 Å². The molecule has 100 valence electrons. The molecule has 1 saturated carbocycles. The molecule has 0 spiro atoms. The molecule has 2 N–H and O–H groups in total. The Morgan fingerprint density at radius 3 is 2.95 bits per heavy atom. The van der Waals surface area contributed by atoms with E-state index in [2.05, 4.69) is 0 Å². The molecule has 4 heteroatoms. The third-order valence-electron chi connectivity index (χ3n) is 3.82. The summed E-state index contributed by atoms with van der Waals surface area (Å²) in [6.45, 7) is 0. The molecular formula is C15H16ClNO2. The van der Waals surface area contributed by atoms with Crippen LogP contribution in [0.2, 0.25) is 5.02 Å². The first-order chi connectivity index (χ1) is 9.15. The number of Topliss-reactive ketones (excluding diaryl/α,β-unsaturated/α-hetero) is 1. The standard InChI is InChI=1S/C15H16ClNO2/c16-12-6-2-4-10-8-13(19-15(10)12)14(18)9-3-1-5-11(17)7-9/h2,4,6,8-9,11H,1,3,5,7,17H2. The van der Waals surface area contributed by atoms with Gasteiger partial charge < -0.3 is 10.2 Å². The van der Waals surface area contributed by atoms with Crippen molar-refractivity contribution in [2.75, 3.05) is 0 Å². The Morgan fingerprint density at radius 2 is 2.21 bits per heavy atom. The number of furan rings is 1. The number of nitrogens with two attached hydrogens (primary N) is 1. The van der Waals surface area contributed by atoms with Gasteiger partial charge in [-0.3, -0.25) is 4.79 Å². The van der Waals surface area contributed by atoms with E-state index in [0.717, 1.165) is 31.1 Å². The van der Waals surface area contributed by atoms with Gasteiger partial charge in [-0.1, -0.05) is 30.2 Å². The number of rotatable bonds is 2. The van der Waals surface area contributed by atoms with E-state index in [1.54, 1.807) is 12.1 Å². The summed E-state index contributed by atoms with van der Waals surface area (Å²) in [6.07, 6.45) is 3.68. The second-order valence-corrected chi connectivity index (χ2v) is 5.66. The normalized spacial score (nSPS) is 23.7. The van der Waals surface area contributed by atoms with Crippen LogP contribution in [0.4, 0.5) is 0 Å². The molecule has 0 saturated heterocycles. The quantitative estimate of drug-likeness (QED) is 0.850. The predicted molar refractivity (Wildman–Crippen MR) is 75.5 cm³/mol. The zero-order valence-electron chi connectivity index (χ0n) is 10.6. The Labute approximate surface area is 116 Å². The third-order valence-corrected chi connectivity index (χ3v) is 4.12. The average molecular weight is 278 g/mol. The molecular weight excluding hydrogens is 262 g/mol. The summed E-state index contributed by atoms with van der Waals surface area (Å²) in [5, 5.41) is 1.41. The highest BCUT2D eigenvalue weighted by Gasteiger charge is 2.28. The number of hydrogen-bond acceptors (Lipinski definition) is 3. The van der Waals surface area contributed by atoms with Gasteiger partial charge in [0.25, 0.3) is 0 Å². The second-order valence-electron chi connectivity index (χ2n) is 5.26. The van der Waals surface area contributed by atoms with Gasteiger partial charge in [0.2, 0.25) is 5.78 Å². The average Bonchev–Trinajstić information content (AvgIpc) is 2.83. The van der Waals surface area contributed by atoms with Crippen molar-refractivity contribution in [2.24, 2.45) is 11.7 Å². The van der Waals surface area contributed by atoms with Gasteiger partial charge in [-0.2, -0.15) is 0 Å². The molecule has 1 aliphatic rings. The van der Waals surface area contributed by atoms with Crippen LogP contribution >= 0.6 is 11.6 Å². The largest absolute Gasteiger partial charge is 0.451 e. The highest BCUT2D eigenvalue weighted by molar-refractivity contribution is 6.34. The van der Waals surface area contributed by atoms with E-state index in [4.69, 9.17) is 21.8 Å². The van der Waals surface area contributed by atoms with Crippen LogP contribution in [0, 0.1) is 5.92 Å². The van der Waals surface area contributed by atoms with Crippen molar-refractivity contribution in [3.05, 3.63) is 35.0 Å². The van der Waals surface area contributed by atoms with Crippen molar-refractivity contribution >= 4 is 28.4 Å². The number of carbonyl (C=O) groups excluding carboxylic acids is 1. The number of ketones is 1. The molecule has 1 aromatic heterocycles. The van der Waals surface area contributed by atoms with E-state index in [9.17, 15) is 4.79 Å². The maximum atomic E-state index is 12.4. The lowest BCUT2D eigenvalue weighted by molar-refractivity contribution is 0.0855. The fourth-order valence-electron chi connectivity index (χ4n) is 2.82. The van der Waals surface area contributed by atoms with Gasteiger partial charge in [-0.05, 0) is 31.4 Å². The first-order valence-corrected chi connectivity index (χ1v) is 7.01. The molecule has 1 fully saturated rings. The maximum absolute atomic E-state index is 12.4. The Bertz CT molecular complexity index is 620. The molecule has 0 bridgehead atoms. The van der Waals surface area contributed by atoms with Gasteiger partial charge >= 0.3 is 0 Å². The highest BCUT2D eigenvalue weighted by atomic mass is 35.5. The van der Waals surface area contributed by atoms with Crippen molar-refractivity contribution in [1.82, 2.24) is 0 Å². The number of carbonyl (C=O) groups is 1. The molecule has 1 aliphatic carbocycles. The molecule has 2 unspecified atom stereocenters. The molecule has 3 nitrogen and oxygen atoms in total. The molecule has 1 heterocycles. The second kappa shape index (κ2) is 4.99. The van der Waals surface area contributed by atoms with Crippen molar-refractivity contribution in [3.63, 3.8) is 0 Å². The first-order valence-electron chi connectivity index (χ1n) is 6.63. The smallest absolute Gasteiger partial charge is 0.201 e. The summed E-state index contributed by atoms with van der Waals surface area (Å²) < 4.78 is 5.63. The molecule has 0 radical (unpaired) electrons. The molecule has 0 amide bonds. The molecule has 0 aliphatic heterocycles. The van der Waals surface area contributed by atoms with Gasteiger partial charge in [0.05, 0.1) is 5.02 Å². The first kappa shape index (κ1) is 12.7. The van der Waals surface area contributed by atoms with E-state index in [-0.39, 0.29) is 17.7 Å². The number of fused-ring (bicyclic) bond motifs is 1. The fraction of sp³-hybridized carbons (Fsp3) is 0.400. The van der Waals surface area contributed by atoms with Crippen LogP contribution in [0.25, 0.3) is 11.0 Å². The molecule has 2 aromatic rings. The highest BCUT2D eigenvalue weighted by Crippen LogP contribution is 2.31. The fourth-order valence-corrected chi connectivity index (χ4v) is 3.04. The van der Waals surface area contributed by atoms with Gasteiger partial charge in [-0.15, -0.1) is 0 Å². The maximum Gasteiger partial charge on any atom is 0.201 e. The van der Waals surface area contributed by atoms with Gasteiger partial charge in [0.1, 0.15) is 0 Å². The Morgan fingerprint density at radius 1 is 1.37 bits per heavy atom. The van der Waals surface area contributed by atoms with Crippen molar-refractivity contribution in [1.29, 1.82) is 0 Å². The summed E-state index contributed by atoms with van der Waals surface area (Å²) in [7, 11) is 0. The Kier molecular flexibility index (Phi) is 3.33. The Balaban J connectivity index is 1.91. The monoisotopic (exact) mass is 277 g/mol. The van der Waals surface area contributed by atoms with Crippen molar-refractivity contribution < 1.29 is 9.21 Å². The lowest BCUT2D eigenvalue weighted by Crippen LogP contribution is -2.31. The number of hydrogen-bond donors (Lipinski definition) is 1. The summed E-state index contributed by atoms with van der Waals surface area (Å²) in [6, 6.07) is 7.43. The summed E-state index contributed by atoms with van der Waals surface area (Å²) in [5.74, 6) is 0.452. The Hall–Kier alpha value is -1.32. The number of para-hydroxylation sites is 1. The zero-order valence-corrected chi connectivity index (χ0v) is 11.3. The summed E-state index contributed by atoms with van der Waals surface area (Å²) >= 11 is 6.06. The lowest BCUT2D eigenvalue weighted by Gasteiger charge is -2.24. The van der Waals surface area contributed by atoms with Gasteiger partial charge in [0.15, 0.2) is 11.3 Å². The van der Waals surface area contributed by atoms with Crippen molar-refractivity contribution in [2.45, 2.75) is 31.7 Å². The molecule has 19 heavy (non-hydrogen) atoms. The van der Waals surface area contributed by atoms with Gasteiger partial charge in [0, 0.05) is 17.3 Å². The molecule has 3 rings (SSSR count). The van der Waals surface area contributed by atoms with E-state index in [1.165, 1.54) is 0 Å². The van der Waals surface area contributed by atoms with Crippen LogP contribution in [0.1, 0.15) is 36.2 Å². The zero-order chi connectivity index (χ0) is 13.4. The van der Waals surface area contributed by atoms with Crippen molar-refractivity contribution in [3.8, 4) is 0 Å². The van der Waals surface area contributed by atoms with Crippen LogP contribution < -0.4 is 5.73 Å². The SMILES string of the molecule is NC1CCCC(C(=O)c2cc3cccc(Cl)c3o2)C1. The van der Waals surface area contributed by atoms with E-state index >= 15 is 0 Å². The van der Waals surface area contributed by atoms with Crippen LogP contribution in [-0.2, 0) is 0 Å². The van der Waals surface area contributed by atoms with Crippen LogP contribution in [0.5, 0.6) is 0 Å². The van der Waals surface area contributed by atoms with Gasteiger partial charge in [-0.25, -0.2) is 0 Å². The van der Waals surface area contributed by atoms with E-state index < -0.39 is 0 Å². The topological polar surface area (TPSA) is 56.2 Å². The van der Waals surface area contributed by atoms with Crippen LogP contribution in [-0.4, -0.2) is 11.8 Å². The lowest BCUT2D eigenvalue weighted by atomic mass is 9.83. The number of halogens is 1. The minimum absolute atomic E-state index is 0.0110. The predicted octanol–water partition coefficient (Wildman–Crippen LogP) is 3.79. The summed E-state index contributed by atoms with van der Waals surface area (Å²) in [4.78, 5) is 12.4. The summed E-state index contributed by atoms with van der Waals surface area (Å²) in [5.41, 5.74) is 6.53. The number of benzene rings is 1.